The molecule has 0 atom stereocenters. The Bertz CT molecular complexity index is 407. The molecule has 2 N–H and O–H groups in total. The van der Waals surface area contributed by atoms with E-state index < -0.39 is 28.9 Å². The summed E-state index contributed by atoms with van der Waals surface area (Å²) in [5.41, 5.74) is 4.38. The molecule has 0 aliphatic heterocycles. The van der Waals surface area contributed by atoms with Gasteiger partial charge in [-0.1, -0.05) is 0 Å². The molecule has 0 bridgehead atoms. The summed E-state index contributed by atoms with van der Waals surface area (Å²) in [6.45, 7) is 0. The molecule has 0 saturated carbocycles. The number of benzene rings is 1. The Balaban J connectivity index is 3.43. The summed E-state index contributed by atoms with van der Waals surface area (Å²) >= 11 is 0. The monoisotopic (exact) mass is 217 g/mol. The van der Waals surface area contributed by atoms with Gasteiger partial charge < -0.3 is 15.2 Å². The van der Waals surface area contributed by atoms with E-state index in [1.807, 2.05) is 0 Å². The lowest BCUT2D eigenvalue weighted by Crippen LogP contribution is -2.09. The van der Waals surface area contributed by atoms with Gasteiger partial charge in [0.25, 0.3) is 0 Å². The average Bonchev–Trinajstić information content (AvgIpc) is 2.23. The molecule has 1 rings (SSSR count). The van der Waals surface area contributed by atoms with Gasteiger partial charge in [-0.2, -0.15) is 0 Å². The first-order valence-electron chi connectivity index (χ1n) is 3.92. The second-order valence-electron chi connectivity index (χ2n) is 2.67. The molecule has 0 radical (unpaired) electrons. The molecule has 0 spiro atoms. The number of carbonyl (C=O) groups excluding carboxylic acids is 1. The lowest BCUT2D eigenvalue weighted by molar-refractivity contribution is 0.0594. The summed E-state index contributed by atoms with van der Waals surface area (Å²) in [5, 5.41) is 0. The zero-order valence-electron chi connectivity index (χ0n) is 8.14. The highest BCUT2D eigenvalue weighted by atomic mass is 19.1. The van der Waals surface area contributed by atoms with Crippen LogP contribution >= 0.6 is 0 Å². The van der Waals surface area contributed by atoms with Crippen LogP contribution in [0.5, 0.6) is 5.75 Å². The van der Waals surface area contributed by atoms with Crippen LogP contribution in [-0.2, 0) is 4.74 Å². The fraction of sp³-hybridized carbons (Fsp3) is 0.222. The molecule has 0 aliphatic rings. The van der Waals surface area contributed by atoms with Gasteiger partial charge in [-0.15, -0.1) is 0 Å². The maximum atomic E-state index is 13.4. The fourth-order valence-electron chi connectivity index (χ4n) is 1.07. The summed E-state index contributed by atoms with van der Waals surface area (Å²) < 4.78 is 35.4. The predicted molar refractivity (Wildman–Crippen MR) is 48.7 cm³/mol. The van der Waals surface area contributed by atoms with Crippen molar-refractivity contribution in [3.63, 3.8) is 0 Å². The Labute approximate surface area is 84.6 Å². The summed E-state index contributed by atoms with van der Waals surface area (Å²) in [6, 6.07) is 0.860. The highest BCUT2D eigenvalue weighted by Gasteiger charge is 2.22. The Hall–Kier alpha value is -1.85. The van der Waals surface area contributed by atoms with E-state index in [1.165, 1.54) is 0 Å². The number of nitrogens with two attached hydrogens (primary N) is 1. The van der Waals surface area contributed by atoms with Gasteiger partial charge in [-0.25, -0.2) is 13.6 Å². The third kappa shape index (κ3) is 1.83. The molecule has 0 saturated heterocycles. The van der Waals surface area contributed by atoms with Gasteiger partial charge in [0.2, 0.25) is 0 Å². The lowest BCUT2D eigenvalue weighted by atomic mass is 10.1. The Morgan fingerprint density at radius 1 is 1.33 bits per heavy atom. The molecular formula is C9H9F2NO3. The molecule has 0 amide bonds. The number of ether oxygens (including phenoxy) is 2. The quantitative estimate of drug-likeness (QED) is 0.599. The minimum Gasteiger partial charge on any atom is -0.491 e. The lowest BCUT2D eigenvalue weighted by Gasteiger charge is -2.09. The SMILES string of the molecule is COC(=O)c1cc(N)c(F)c(OC)c1F. The van der Waals surface area contributed by atoms with E-state index in [1.54, 1.807) is 0 Å². The van der Waals surface area contributed by atoms with Crippen molar-refractivity contribution in [3.8, 4) is 5.75 Å². The van der Waals surface area contributed by atoms with Crippen molar-refractivity contribution in [1.82, 2.24) is 0 Å². The number of methoxy groups -OCH3 is 2. The van der Waals surface area contributed by atoms with E-state index in [4.69, 9.17) is 5.73 Å². The fourth-order valence-corrected chi connectivity index (χ4v) is 1.07. The molecule has 0 aromatic heterocycles. The van der Waals surface area contributed by atoms with E-state index in [-0.39, 0.29) is 5.69 Å². The van der Waals surface area contributed by atoms with Gasteiger partial charge in [0.15, 0.2) is 17.4 Å². The molecule has 1 aromatic rings. The minimum absolute atomic E-state index is 0.381. The maximum Gasteiger partial charge on any atom is 0.341 e. The second kappa shape index (κ2) is 4.12. The molecule has 6 heteroatoms. The normalized spacial score (nSPS) is 9.87. The Morgan fingerprint density at radius 2 is 1.93 bits per heavy atom. The van der Waals surface area contributed by atoms with E-state index in [0.717, 1.165) is 20.3 Å². The molecule has 0 aliphatic carbocycles. The number of anilines is 1. The standard InChI is InChI=1S/C9H9F2NO3/c1-14-8-6(10)4(9(13)15-2)3-5(12)7(8)11/h3H,12H2,1-2H3. The first-order valence-corrected chi connectivity index (χ1v) is 3.92. The van der Waals surface area contributed by atoms with Crippen molar-refractivity contribution in [2.75, 3.05) is 20.0 Å². The smallest absolute Gasteiger partial charge is 0.341 e. The van der Waals surface area contributed by atoms with E-state index in [9.17, 15) is 13.6 Å². The van der Waals surface area contributed by atoms with Crippen molar-refractivity contribution in [3.05, 3.63) is 23.3 Å². The Morgan fingerprint density at radius 3 is 2.40 bits per heavy atom. The first kappa shape index (κ1) is 11.2. The van der Waals surface area contributed by atoms with Crippen LogP contribution in [0.1, 0.15) is 10.4 Å². The molecule has 0 fully saturated rings. The van der Waals surface area contributed by atoms with Gasteiger partial charge in [0, 0.05) is 0 Å². The molecule has 1 aromatic carbocycles. The number of rotatable bonds is 2. The first-order chi connectivity index (χ1) is 7.02. The molecule has 0 unspecified atom stereocenters. The third-order valence-electron chi connectivity index (χ3n) is 1.80. The van der Waals surface area contributed by atoms with Crippen molar-refractivity contribution in [2.24, 2.45) is 0 Å². The zero-order chi connectivity index (χ0) is 11.6. The number of halogens is 2. The van der Waals surface area contributed by atoms with Crippen molar-refractivity contribution in [1.29, 1.82) is 0 Å². The summed E-state index contributed by atoms with van der Waals surface area (Å²) in [7, 11) is 2.15. The van der Waals surface area contributed by atoms with Crippen LogP contribution in [0.2, 0.25) is 0 Å². The average molecular weight is 217 g/mol. The van der Waals surface area contributed by atoms with Gasteiger partial charge in [-0.3, -0.25) is 0 Å². The zero-order valence-corrected chi connectivity index (χ0v) is 8.14. The highest BCUT2D eigenvalue weighted by molar-refractivity contribution is 5.91. The number of carbonyl (C=O) groups is 1. The number of hydrogen-bond donors (Lipinski definition) is 1. The Kier molecular flexibility index (Phi) is 3.08. The molecule has 15 heavy (non-hydrogen) atoms. The maximum absolute atomic E-state index is 13.4. The number of esters is 1. The van der Waals surface area contributed by atoms with Crippen LogP contribution in [0.15, 0.2) is 6.07 Å². The number of hydrogen-bond acceptors (Lipinski definition) is 4. The summed E-state index contributed by atoms with van der Waals surface area (Å²) in [4.78, 5) is 11.1. The largest absolute Gasteiger partial charge is 0.491 e. The van der Waals surface area contributed by atoms with Crippen LogP contribution in [0, 0.1) is 11.6 Å². The van der Waals surface area contributed by atoms with E-state index in [2.05, 4.69) is 9.47 Å². The van der Waals surface area contributed by atoms with Crippen molar-refractivity contribution >= 4 is 11.7 Å². The molecule has 82 valence electrons. The van der Waals surface area contributed by atoms with Gasteiger partial charge in [0.1, 0.15) is 5.56 Å². The van der Waals surface area contributed by atoms with Crippen molar-refractivity contribution < 1.29 is 23.0 Å². The van der Waals surface area contributed by atoms with Gasteiger partial charge in [-0.05, 0) is 6.07 Å². The van der Waals surface area contributed by atoms with Crippen LogP contribution < -0.4 is 10.5 Å². The third-order valence-corrected chi connectivity index (χ3v) is 1.80. The molecular weight excluding hydrogens is 208 g/mol. The minimum atomic E-state index is -1.13. The van der Waals surface area contributed by atoms with Gasteiger partial charge >= 0.3 is 5.97 Å². The number of nitrogen functional groups attached to an aromatic ring is 1. The van der Waals surface area contributed by atoms with Crippen LogP contribution in [0.3, 0.4) is 0 Å². The van der Waals surface area contributed by atoms with E-state index >= 15 is 0 Å². The van der Waals surface area contributed by atoms with Crippen LogP contribution in [0.25, 0.3) is 0 Å². The summed E-state index contributed by atoms with van der Waals surface area (Å²) in [5.74, 6) is -3.81. The molecule has 4 nitrogen and oxygen atoms in total. The van der Waals surface area contributed by atoms with Crippen LogP contribution in [-0.4, -0.2) is 20.2 Å². The topological polar surface area (TPSA) is 61.5 Å². The summed E-state index contributed by atoms with van der Waals surface area (Å²) in [6.07, 6.45) is 0. The van der Waals surface area contributed by atoms with E-state index in [0.29, 0.717) is 0 Å². The van der Waals surface area contributed by atoms with Crippen molar-refractivity contribution in [2.45, 2.75) is 0 Å². The highest BCUT2D eigenvalue weighted by Crippen LogP contribution is 2.29. The molecule has 0 heterocycles. The van der Waals surface area contributed by atoms with Crippen LogP contribution in [0.4, 0.5) is 14.5 Å². The van der Waals surface area contributed by atoms with Gasteiger partial charge in [0.05, 0.1) is 19.9 Å². The second-order valence-corrected chi connectivity index (χ2v) is 2.67. The predicted octanol–water partition coefficient (Wildman–Crippen LogP) is 1.34.